The molecule has 4 heteroatoms. The number of hydrogen-bond acceptors (Lipinski definition) is 3. The Bertz CT molecular complexity index is 731. The molecule has 0 radical (unpaired) electrons. The highest BCUT2D eigenvalue weighted by atomic mass is 19.1. The molecule has 0 aromatic heterocycles. The molecular formula is C19H21FN2O. The zero-order valence-corrected chi connectivity index (χ0v) is 13.5. The number of halogens is 1. The van der Waals surface area contributed by atoms with Gasteiger partial charge in [-0.2, -0.15) is 0 Å². The fourth-order valence-electron chi connectivity index (χ4n) is 3.75. The maximum Gasteiger partial charge on any atom is 0.127 e. The summed E-state index contributed by atoms with van der Waals surface area (Å²) in [6.45, 7) is 0.861. The van der Waals surface area contributed by atoms with Gasteiger partial charge in [0.2, 0.25) is 0 Å². The zero-order chi connectivity index (χ0) is 16.0. The van der Waals surface area contributed by atoms with Crippen LogP contribution in [0.25, 0.3) is 0 Å². The molecule has 2 aromatic carbocycles. The van der Waals surface area contributed by atoms with Crippen molar-refractivity contribution in [1.82, 2.24) is 4.90 Å². The maximum atomic E-state index is 14.4. The average Bonchev–Trinajstić information content (AvgIpc) is 2.87. The van der Waals surface area contributed by atoms with Crippen LogP contribution >= 0.6 is 0 Å². The topological polar surface area (TPSA) is 15.7 Å². The third-order valence-electron chi connectivity index (χ3n) is 4.71. The van der Waals surface area contributed by atoms with Crippen LogP contribution < -0.4 is 5.06 Å². The Morgan fingerprint density at radius 1 is 1.17 bits per heavy atom. The first-order chi connectivity index (χ1) is 11.1. The second kappa shape index (κ2) is 5.62. The minimum atomic E-state index is -0.116. The summed E-state index contributed by atoms with van der Waals surface area (Å²) in [7, 11) is 4.10. The van der Waals surface area contributed by atoms with Crippen molar-refractivity contribution in [3.05, 3.63) is 65.0 Å². The lowest BCUT2D eigenvalue weighted by molar-refractivity contribution is 0.0649. The molecule has 23 heavy (non-hydrogen) atoms. The lowest BCUT2D eigenvalue weighted by atomic mass is 9.94. The SMILES string of the molecule is CN(C)CC1CC2c3cccc(F)c3Cc3ccccc3N2O1. The Morgan fingerprint density at radius 2 is 2.00 bits per heavy atom. The molecule has 2 aliphatic rings. The number of fused-ring (bicyclic) bond motifs is 5. The molecule has 2 heterocycles. The zero-order valence-electron chi connectivity index (χ0n) is 13.5. The van der Waals surface area contributed by atoms with Crippen LogP contribution in [0.1, 0.15) is 29.2 Å². The number of anilines is 1. The predicted octanol–water partition coefficient (Wildman–Crippen LogP) is 3.54. The van der Waals surface area contributed by atoms with Crippen molar-refractivity contribution in [2.75, 3.05) is 25.7 Å². The van der Waals surface area contributed by atoms with Gasteiger partial charge in [-0.1, -0.05) is 30.3 Å². The number of hydroxylamine groups is 1. The van der Waals surface area contributed by atoms with Crippen LogP contribution in [0.15, 0.2) is 42.5 Å². The van der Waals surface area contributed by atoms with Crippen molar-refractivity contribution < 1.29 is 9.23 Å². The van der Waals surface area contributed by atoms with Crippen molar-refractivity contribution in [3.8, 4) is 0 Å². The Balaban J connectivity index is 1.82. The second-order valence-corrected chi connectivity index (χ2v) is 6.68. The van der Waals surface area contributed by atoms with E-state index >= 15 is 0 Å². The van der Waals surface area contributed by atoms with Crippen molar-refractivity contribution in [2.24, 2.45) is 0 Å². The minimum absolute atomic E-state index is 0.0781. The van der Waals surface area contributed by atoms with Gasteiger partial charge in [0, 0.05) is 19.4 Å². The molecule has 0 aliphatic carbocycles. The summed E-state index contributed by atoms with van der Waals surface area (Å²) in [6.07, 6.45) is 1.62. The molecule has 120 valence electrons. The molecule has 2 unspecified atom stereocenters. The highest BCUT2D eigenvalue weighted by Gasteiger charge is 2.39. The first-order valence-electron chi connectivity index (χ1n) is 8.09. The van der Waals surface area contributed by atoms with E-state index in [2.05, 4.69) is 31.1 Å². The Hall–Kier alpha value is -1.91. The van der Waals surface area contributed by atoms with Crippen molar-refractivity contribution in [1.29, 1.82) is 0 Å². The van der Waals surface area contributed by atoms with Crippen LogP contribution in [-0.4, -0.2) is 31.6 Å². The fourth-order valence-corrected chi connectivity index (χ4v) is 3.75. The normalized spacial score (nSPS) is 22.5. The fraction of sp³-hybridized carbons (Fsp3) is 0.368. The van der Waals surface area contributed by atoms with Crippen LogP contribution in [0, 0.1) is 5.82 Å². The van der Waals surface area contributed by atoms with E-state index in [0.717, 1.165) is 35.3 Å². The third kappa shape index (κ3) is 2.52. The first-order valence-corrected chi connectivity index (χ1v) is 8.09. The van der Waals surface area contributed by atoms with Gasteiger partial charge in [0.05, 0.1) is 11.7 Å². The molecule has 0 amide bonds. The van der Waals surface area contributed by atoms with Gasteiger partial charge in [0.25, 0.3) is 0 Å². The number of nitrogens with zero attached hydrogens (tertiary/aromatic N) is 2. The Morgan fingerprint density at radius 3 is 2.83 bits per heavy atom. The second-order valence-electron chi connectivity index (χ2n) is 6.68. The van der Waals surface area contributed by atoms with E-state index in [1.54, 1.807) is 6.07 Å². The van der Waals surface area contributed by atoms with E-state index in [-0.39, 0.29) is 18.0 Å². The standard InChI is InChI=1S/C19H21FN2O/c1-21(2)12-14-11-19-15-7-5-8-17(20)16(15)10-13-6-3-4-9-18(13)22(19)23-14/h3-9,14,19H,10-12H2,1-2H3. The predicted molar refractivity (Wildman–Crippen MR) is 88.9 cm³/mol. The number of benzene rings is 2. The van der Waals surface area contributed by atoms with Gasteiger partial charge >= 0.3 is 0 Å². The van der Waals surface area contributed by atoms with Gasteiger partial charge < -0.3 is 4.90 Å². The third-order valence-corrected chi connectivity index (χ3v) is 4.71. The minimum Gasteiger partial charge on any atom is -0.307 e. The van der Waals surface area contributed by atoms with Crippen molar-refractivity contribution >= 4 is 5.69 Å². The summed E-state index contributed by atoms with van der Waals surface area (Å²) in [6, 6.07) is 13.7. The van der Waals surface area contributed by atoms with Crippen LogP contribution in [0.5, 0.6) is 0 Å². The Kier molecular flexibility index (Phi) is 3.58. The molecule has 3 nitrogen and oxygen atoms in total. The lowest BCUT2D eigenvalue weighted by Crippen LogP contribution is -2.27. The molecule has 0 saturated carbocycles. The first kappa shape index (κ1) is 14.7. The van der Waals surface area contributed by atoms with Gasteiger partial charge in [-0.05, 0) is 42.9 Å². The van der Waals surface area contributed by atoms with Crippen LogP contribution in [0.4, 0.5) is 10.1 Å². The molecule has 4 rings (SSSR count). The van der Waals surface area contributed by atoms with Crippen LogP contribution in [0.2, 0.25) is 0 Å². The van der Waals surface area contributed by atoms with Gasteiger partial charge in [0.1, 0.15) is 11.9 Å². The molecule has 0 spiro atoms. The van der Waals surface area contributed by atoms with E-state index in [4.69, 9.17) is 4.84 Å². The monoisotopic (exact) mass is 312 g/mol. The number of hydrogen-bond donors (Lipinski definition) is 0. The van der Waals surface area contributed by atoms with Gasteiger partial charge in [-0.3, -0.25) is 4.84 Å². The Labute approximate surface area is 136 Å². The summed E-state index contributed by atoms with van der Waals surface area (Å²) < 4.78 is 14.4. The molecule has 1 fully saturated rings. The molecule has 2 aromatic rings. The quantitative estimate of drug-likeness (QED) is 0.843. The number of likely N-dealkylation sites (N-methyl/N-ethyl adjacent to an activating group) is 1. The lowest BCUT2D eigenvalue weighted by Gasteiger charge is -2.25. The van der Waals surface area contributed by atoms with E-state index in [1.807, 2.05) is 29.3 Å². The van der Waals surface area contributed by atoms with Crippen molar-refractivity contribution in [2.45, 2.75) is 25.0 Å². The smallest absolute Gasteiger partial charge is 0.127 e. The summed E-state index contributed by atoms with van der Waals surface area (Å²) in [5, 5.41) is 2.01. The van der Waals surface area contributed by atoms with Gasteiger partial charge in [0.15, 0.2) is 0 Å². The summed E-state index contributed by atoms with van der Waals surface area (Å²) >= 11 is 0. The van der Waals surface area contributed by atoms with E-state index in [9.17, 15) is 4.39 Å². The molecule has 2 aliphatic heterocycles. The molecular weight excluding hydrogens is 291 g/mol. The van der Waals surface area contributed by atoms with Crippen LogP contribution in [0.3, 0.4) is 0 Å². The molecule has 1 saturated heterocycles. The van der Waals surface area contributed by atoms with Gasteiger partial charge in [-0.15, -0.1) is 0 Å². The number of rotatable bonds is 2. The van der Waals surface area contributed by atoms with Crippen LogP contribution in [-0.2, 0) is 11.3 Å². The number of para-hydroxylation sites is 1. The molecule has 2 atom stereocenters. The van der Waals surface area contributed by atoms with Gasteiger partial charge in [-0.25, -0.2) is 9.45 Å². The summed E-state index contributed by atoms with van der Waals surface area (Å²) in [4.78, 5) is 8.38. The van der Waals surface area contributed by atoms with E-state index in [1.165, 1.54) is 0 Å². The summed E-state index contributed by atoms with van der Waals surface area (Å²) in [5.41, 5.74) is 4.05. The average molecular weight is 312 g/mol. The summed E-state index contributed by atoms with van der Waals surface area (Å²) in [5.74, 6) is -0.116. The van der Waals surface area contributed by atoms with Crippen molar-refractivity contribution in [3.63, 3.8) is 0 Å². The van der Waals surface area contributed by atoms with E-state index in [0.29, 0.717) is 6.42 Å². The highest BCUT2D eigenvalue weighted by molar-refractivity contribution is 5.59. The van der Waals surface area contributed by atoms with E-state index < -0.39 is 0 Å². The largest absolute Gasteiger partial charge is 0.307 e. The molecule has 0 N–H and O–H groups in total. The molecule has 0 bridgehead atoms. The maximum absolute atomic E-state index is 14.4. The highest BCUT2D eigenvalue weighted by Crippen LogP contribution is 2.44.